The first-order chi connectivity index (χ1) is 15.4. The van der Waals surface area contributed by atoms with Gasteiger partial charge in [-0.1, -0.05) is 41.9 Å². The van der Waals surface area contributed by atoms with Crippen LogP contribution in [0.4, 0.5) is 0 Å². The number of unbranched alkanes of at least 4 members (excludes halogenated alkanes) is 1. The van der Waals surface area contributed by atoms with Gasteiger partial charge in [-0.3, -0.25) is 4.79 Å². The number of carbonyl (C=O) groups excluding carboxylic acids is 1. The summed E-state index contributed by atoms with van der Waals surface area (Å²) >= 11 is 6.22. The Morgan fingerprint density at radius 2 is 2.00 bits per heavy atom. The van der Waals surface area contributed by atoms with Crippen molar-refractivity contribution in [1.29, 1.82) is 0 Å². The summed E-state index contributed by atoms with van der Waals surface area (Å²) in [6.07, 6.45) is 6.35. The average molecular weight is 456 g/mol. The van der Waals surface area contributed by atoms with Crippen molar-refractivity contribution in [1.82, 2.24) is 14.5 Å². The van der Waals surface area contributed by atoms with Crippen LogP contribution >= 0.6 is 11.6 Å². The molecule has 1 aliphatic carbocycles. The van der Waals surface area contributed by atoms with Crippen molar-refractivity contribution in [3.05, 3.63) is 52.9 Å². The van der Waals surface area contributed by atoms with E-state index in [9.17, 15) is 9.90 Å². The van der Waals surface area contributed by atoms with E-state index in [0.29, 0.717) is 23.4 Å². The highest BCUT2D eigenvalue weighted by Gasteiger charge is 2.28. The molecule has 4 rings (SSSR count). The van der Waals surface area contributed by atoms with Gasteiger partial charge in [0.1, 0.15) is 22.3 Å². The number of aromatic nitrogens is 3. The summed E-state index contributed by atoms with van der Waals surface area (Å²) in [5, 5.41) is 11.1. The third-order valence-corrected chi connectivity index (χ3v) is 6.55. The van der Waals surface area contributed by atoms with Gasteiger partial charge in [0.25, 0.3) is 0 Å². The molecular formula is C25H30ClN3O3. The predicted molar refractivity (Wildman–Crippen MR) is 125 cm³/mol. The van der Waals surface area contributed by atoms with Gasteiger partial charge in [0.2, 0.25) is 0 Å². The van der Waals surface area contributed by atoms with Gasteiger partial charge in [0.05, 0.1) is 12.7 Å². The second-order valence-corrected chi connectivity index (χ2v) is 9.25. The van der Waals surface area contributed by atoms with E-state index in [1.807, 2.05) is 30.3 Å². The Bertz CT molecular complexity index is 1090. The number of ether oxygens (including phenoxy) is 1. The third-order valence-electron chi connectivity index (χ3n) is 6.36. The number of aliphatic hydroxyl groups is 1. The molecule has 1 saturated carbocycles. The van der Waals surface area contributed by atoms with E-state index < -0.39 is 5.60 Å². The number of ketones is 1. The number of benzene rings is 1. The molecule has 2 heterocycles. The van der Waals surface area contributed by atoms with Gasteiger partial charge in [-0.25, -0.2) is 9.97 Å². The van der Waals surface area contributed by atoms with Crippen molar-refractivity contribution in [2.45, 2.75) is 69.9 Å². The lowest BCUT2D eigenvalue weighted by molar-refractivity contribution is -0.123. The fourth-order valence-corrected chi connectivity index (χ4v) is 4.57. The van der Waals surface area contributed by atoms with Gasteiger partial charge in [0.15, 0.2) is 11.4 Å². The zero-order valence-corrected chi connectivity index (χ0v) is 19.4. The Hall–Kier alpha value is -2.44. The average Bonchev–Trinajstić information content (AvgIpc) is 3.07. The van der Waals surface area contributed by atoms with Crippen LogP contribution in [0, 0.1) is 0 Å². The molecule has 6 nitrogen and oxygen atoms in total. The van der Waals surface area contributed by atoms with Gasteiger partial charge in [-0.15, -0.1) is 0 Å². The van der Waals surface area contributed by atoms with E-state index in [4.69, 9.17) is 21.3 Å². The molecule has 1 aliphatic rings. The maximum Gasteiger partial charge on any atom is 0.165 e. The molecule has 0 amide bonds. The summed E-state index contributed by atoms with van der Waals surface area (Å²) in [5.74, 6) is 1.68. The molecule has 0 aliphatic heterocycles. The van der Waals surface area contributed by atoms with Crippen molar-refractivity contribution < 1.29 is 14.6 Å². The fraction of sp³-hybridized carbons (Fsp3) is 0.480. The fourth-order valence-electron chi connectivity index (χ4n) is 4.39. The predicted octanol–water partition coefficient (Wildman–Crippen LogP) is 5.40. The second-order valence-electron chi connectivity index (χ2n) is 8.86. The molecule has 1 atom stereocenters. The first kappa shape index (κ1) is 22.7. The number of pyridine rings is 1. The normalized spacial score (nSPS) is 16.0. The summed E-state index contributed by atoms with van der Waals surface area (Å²) in [7, 11) is 1.61. The van der Waals surface area contributed by atoms with Crippen LogP contribution in [0.15, 0.2) is 36.4 Å². The van der Waals surface area contributed by atoms with E-state index in [0.717, 1.165) is 54.7 Å². The third kappa shape index (κ3) is 4.81. The summed E-state index contributed by atoms with van der Waals surface area (Å²) < 4.78 is 7.70. The summed E-state index contributed by atoms with van der Waals surface area (Å²) in [6.45, 7) is 1.70. The monoisotopic (exact) mass is 455 g/mol. The van der Waals surface area contributed by atoms with Crippen molar-refractivity contribution in [2.24, 2.45) is 0 Å². The highest BCUT2D eigenvalue weighted by Crippen LogP contribution is 2.38. The number of aryl methyl sites for hydroxylation is 1. The van der Waals surface area contributed by atoms with Gasteiger partial charge < -0.3 is 14.4 Å². The van der Waals surface area contributed by atoms with Crippen molar-refractivity contribution in [3.63, 3.8) is 0 Å². The summed E-state index contributed by atoms with van der Waals surface area (Å²) in [5.41, 5.74) is 1.15. The van der Waals surface area contributed by atoms with Crippen LogP contribution in [0.1, 0.15) is 69.3 Å². The molecule has 2 aromatic heterocycles. The molecule has 1 aromatic carbocycles. The molecular weight excluding hydrogens is 426 g/mol. The number of fused-ring (bicyclic) bond motifs is 1. The van der Waals surface area contributed by atoms with Crippen molar-refractivity contribution in [3.8, 4) is 5.75 Å². The first-order valence-electron chi connectivity index (χ1n) is 11.3. The molecule has 0 saturated heterocycles. The van der Waals surface area contributed by atoms with Crippen molar-refractivity contribution in [2.75, 3.05) is 7.11 Å². The van der Waals surface area contributed by atoms with Crippen LogP contribution in [0.5, 0.6) is 5.75 Å². The number of methoxy groups -OCH3 is 1. The molecule has 1 fully saturated rings. The van der Waals surface area contributed by atoms with E-state index in [1.165, 1.54) is 6.42 Å². The van der Waals surface area contributed by atoms with Crippen LogP contribution in [-0.2, 0) is 16.8 Å². The van der Waals surface area contributed by atoms with E-state index in [-0.39, 0.29) is 12.2 Å². The Kier molecular flexibility index (Phi) is 6.82. The lowest BCUT2D eigenvalue weighted by Crippen LogP contribution is -2.25. The largest absolute Gasteiger partial charge is 0.494 e. The van der Waals surface area contributed by atoms with Crippen LogP contribution in [0.3, 0.4) is 0 Å². The maximum atomic E-state index is 12.5. The molecule has 1 N–H and O–H groups in total. The minimum Gasteiger partial charge on any atom is -0.494 e. The van der Waals surface area contributed by atoms with Crippen LogP contribution < -0.4 is 4.74 Å². The number of halogens is 1. The number of hydrogen-bond acceptors (Lipinski definition) is 5. The quantitative estimate of drug-likeness (QED) is 0.327. The molecule has 3 aromatic rings. The van der Waals surface area contributed by atoms with Crippen LogP contribution in [0.25, 0.3) is 11.2 Å². The minimum absolute atomic E-state index is 0.0708. The second kappa shape index (κ2) is 9.59. The molecule has 0 spiro atoms. The number of Topliss-reactive ketones (excluding diaryl/α,β-unsaturated/α-hetero) is 1. The molecule has 0 radical (unpaired) electrons. The van der Waals surface area contributed by atoms with Crippen LogP contribution in [0.2, 0.25) is 5.15 Å². The molecule has 32 heavy (non-hydrogen) atoms. The van der Waals surface area contributed by atoms with E-state index >= 15 is 0 Å². The molecule has 170 valence electrons. The highest BCUT2D eigenvalue weighted by molar-refractivity contribution is 6.30. The standard InChI is InChI=1S/C25H30ClN3O3/c1-25(31,17-9-4-3-5-10-17)16-19(30)13-6-7-14-22-28-23-20(32-2)15-21(26)27-24(23)29(22)18-11-8-12-18/h3-5,9-10,15,18,31H,6-8,11-14,16H2,1-2H3. The summed E-state index contributed by atoms with van der Waals surface area (Å²) in [6, 6.07) is 11.5. The van der Waals surface area contributed by atoms with Gasteiger partial charge >= 0.3 is 0 Å². The summed E-state index contributed by atoms with van der Waals surface area (Å²) in [4.78, 5) is 21.9. The minimum atomic E-state index is -1.14. The maximum absolute atomic E-state index is 12.5. The first-order valence-corrected chi connectivity index (χ1v) is 11.7. The Labute approximate surface area is 193 Å². The van der Waals surface area contributed by atoms with Gasteiger partial charge in [-0.2, -0.15) is 0 Å². The number of carbonyl (C=O) groups is 1. The number of hydrogen-bond donors (Lipinski definition) is 1. The van der Waals surface area contributed by atoms with Crippen molar-refractivity contribution >= 4 is 28.5 Å². The Morgan fingerprint density at radius 1 is 1.25 bits per heavy atom. The van der Waals surface area contributed by atoms with Gasteiger partial charge in [-0.05, 0) is 44.6 Å². The topological polar surface area (TPSA) is 77.2 Å². The van der Waals surface area contributed by atoms with E-state index in [1.54, 1.807) is 20.1 Å². The SMILES string of the molecule is COc1cc(Cl)nc2c1nc(CCCCC(=O)CC(C)(O)c1ccccc1)n2C1CCC1. The zero-order chi connectivity index (χ0) is 22.7. The smallest absolute Gasteiger partial charge is 0.165 e. The number of imidazole rings is 1. The molecule has 0 bridgehead atoms. The number of nitrogens with zero attached hydrogens (tertiary/aromatic N) is 3. The number of rotatable bonds is 10. The lowest BCUT2D eigenvalue weighted by Gasteiger charge is -2.28. The molecule has 7 heteroatoms. The molecule has 1 unspecified atom stereocenters. The lowest BCUT2D eigenvalue weighted by atomic mass is 9.89. The Morgan fingerprint density at radius 3 is 2.66 bits per heavy atom. The highest BCUT2D eigenvalue weighted by atomic mass is 35.5. The van der Waals surface area contributed by atoms with Crippen LogP contribution in [-0.4, -0.2) is 32.5 Å². The Balaban J connectivity index is 1.40. The van der Waals surface area contributed by atoms with Gasteiger partial charge in [0, 0.05) is 31.4 Å². The zero-order valence-electron chi connectivity index (χ0n) is 18.7. The van der Waals surface area contributed by atoms with E-state index in [2.05, 4.69) is 9.55 Å².